The number of aryl methyl sites for hydroxylation is 2. The smallest absolute Gasteiger partial charge is 0.274 e. The molecule has 0 spiro atoms. The first kappa shape index (κ1) is 23.6. The summed E-state index contributed by atoms with van der Waals surface area (Å²) in [6, 6.07) is 14.3. The zero-order chi connectivity index (χ0) is 24.0. The van der Waals surface area contributed by atoms with E-state index in [2.05, 4.69) is 39.9 Å². The zero-order valence-electron chi connectivity index (χ0n) is 20.2. The third-order valence-corrected chi connectivity index (χ3v) is 7.03. The summed E-state index contributed by atoms with van der Waals surface area (Å²) in [5.41, 5.74) is 4.19. The summed E-state index contributed by atoms with van der Waals surface area (Å²) in [7, 11) is 0. The number of likely N-dealkylation sites (tertiary alicyclic amines) is 1. The molecule has 1 saturated heterocycles. The van der Waals surface area contributed by atoms with Gasteiger partial charge in [0.15, 0.2) is 5.69 Å². The molecule has 0 saturated carbocycles. The van der Waals surface area contributed by atoms with Gasteiger partial charge in [-0.15, -0.1) is 0 Å². The Morgan fingerprint density at radius 1 is 1.11 bits per heavy atom. The van der Waals surface area contributed by atoms with Crippen LogP contribution >= 0.6 is 0 Å². The summed E-state index contributed by atoms with van der Waals surface area (Å²) in [5.74, 6) is 0.847. The Kier molecular flexibility index (Phi) is 7.45. The van der Waals surface area contributed by atoms with Gasteiger partial charge in [-0.1, -0.05) is 36.4 Å². The molecule has 7 nitrogen and oxygen atoms in total. The van der Waals surface area contributed by atoms with Crippen LogP contribution in [-0.4, -0.2) is 62.9 Å². The average Bonchev–Trinajstić information content (AvgIpc) is 3.53. The first-order valence-electron chi connectivity index (χ1n) is 12.7. The molecule has 5 rings (SSSR count). The fraction of sp³-hybridized carbons (Fsp3) is 0.429. The first-order chi connectivity index (χ1) is 17.2. The van der Waals surface area contributed by atoms with Crippen molar-refractivity contribution in [3.8, 4) is 0 Å². The number of carbonyl (C=O) groups is 1. The molecule has 184 valence electrons. The number of hydrogen-bond donors (Lipinski definition) is 1. The number of furan rings is 1. The Bertz CT molecular complexity index is 1130. The number of hydrogen-bond acceptors (Lipinski definition) is 5. The number of fused-ring (bicyclic) bond motifs is 1. The number of nitrogens with zero attached hydrogens (tertiary/aromatic N) is 4. The highest BCUT2D eigenvalue weighted by molar-refractivity contribution is 5.94. The van der Waals surface area contributed by atoms with Gasteiger partial charge in [0.2, 0.25) is 0 Å². The Labute approximate surface area is 206 Å². The van der Waals surface area contributed by atoms with E-state index in [0.29, 0.717) is 38.2 Å². The van der Waals surface area contributed by atoms with E-state index in [4.69, 9.17) is 9.52 Å². The Morgan fingerprint density at radius 3 is 2.71 bits per heavy atom. The van der Waals surface area contributed by atoms with E-state index >= 15 is 0 Å². The lowest BCUT2D eigenvalue weighted by atomic mass is 10.0. The highest BCUT2D eigenvalue weighted by Gasteiger charge is 2.31. The lowest BCUT2D eigenvalue weighted by Gasteiger charge is -2.30. The fourth-order valence-corrected chi connectivity index (χ4v) is 5.06. The second-order valence-corrected chi connectivity index (χ2v) is 9.51. The molecule has 7 heteroatoms. The van der Waals surface area contributed by atoms with Crippen LogP contribution < -0.4 is 0 Å². The molecule has 2 aromatic heterocycles. The number of piperidine rings is 1. The van der Waals surface area contributed by atoms with Gasteiger partial charge in [-0.25, -0.2) is 0 Å². The summed E-state index contributed by atoms with van der Waals surface area (Å²) in [5, 5.41) is 14.8. The van der Waals surface area contributed by atoms with Crippen molar-refractivity contribution >= 4 is 12.0 Å². The molecule has 2 aliphatic heterocycles. The van der Waals surface area contributed by atoms with Gasteiger partial charge in [0.1, 0.15) is 5.76 Å². The van der Waals surface area contributed by atoms with Gasteiger partial charge in [0, 0.05) is 56.9 Å². The third kappa shape index (κ3) is 5.74. The van der Waals surface area contributed by atoms with Gasteiger partial charge in [-0.3, -0.25) is 14.4 Å². The number of aliphatic hydroxyl groups is 1. The molecule has 1 amide bonds. The fourth-order valence-electron chi connectivity index (χ4n) is 5.06. The van der Waals surface area contributed by atoms with Gasteiger partial charge in [-0.05, 0) is 49.5 Å². The standard InChI is InChI=1S/C28H34N4O3/c33-23-12-18-31(19-13-23)28(34)27-25-21-30(15-5-10-24-11-6-20-35-24)17-14-26(25)32(29-27)16-4-9-22-7-2-1-3-8-22/h1-3,5-8,10-11,20,23,33H,4,9,12-19,21H2/b10-5+. The minimum atomic E-state index is -0.306. The second-order valence-electron chi connectivity index (χ2n) is 9.51. The summed E-state index contributed by atoms with van der Waals surface area (Å²) in [6.45, 7) is 4.43. The number of amides is 1. The summed E-state index contributed by atoms with van der Waals surface area (Å²) >= 11 is 0. The van der Waals surface area contributed by atoms with Gasteiger partial charge in [0.25, 0.3) is 5.91 Å². The first-order valence-corrected chi connectivity index (χ1v) is 12.7. The van der Waals surface area contributed by atoms with Crippen LogP contribution in [0.4, 0.5) is 0 Å². The highest BCUT2D eigenvalue weighted by Crippen LogP contribution is 2.25. The Balaban J connectivity index is 1.31. The van der Waals surface area contributed by atoms with Crippen molar-refractivity contribution in [3.05, 3.63) is 83.1 Å². The van der Waals surface area contributed by atoms with Gasteiger partial charge >= 0.3 is 0 Å². The molecule has 2 aliphatic rings. The van der Waals surface area contributed by atoms with Crippen LogP contribution in [0.2, 0.25) is 0 Å². The van der Waals surface area contributed by atoms with E-state index in [1.807, 2.05) is 29.2 Å². The normalized spacial score (nSPS) is 17.2. The molecule has 0 atom stereocenters. The number of aliphatic hydroxyl groups excluding tert-OH is 1. The van der Waals surface area contributed by atoms with E-state index in [1.165, 1.54) is 11.3 Å². The summed E-state index contributed by atoms with van der Waals surface area (Å²) < 4.78 is 7.47. The van der Waals surface area contributed by atoms with Crippen LogP contribution in [0.25, 0.3) is 6.08 Å². The van der Waals surface area contributed by atoms with Gasteiger partial charge in [-0.2, -0.15) is 5.10 Å². The molecule has 1 fully saturated rings. The molecular formula is C28H34N4O3. The SMILES string of the molecule is O=C(c1nn(CCCc2ccccc2)c2c1CN(C/C=C/c1ccco1)CC2)N1CCC(O)CC1. The summed E-state index contributed by atoms with van der Waals surface area (Å²) in [4.78, 5) is 17.7. The molecule has 0 aliphatic carbocycles. The number of benzene rings is 1. The molecule has 0 unspecified atom stereocenters. The minimum Gasteiger partial charge on any atom is -0.465 e. The van der Waals surface area contributed by atoms with Crippen LogP contribution in [0.5, 0.6) is 0 Å². The minimum absolute atomic E-state index is 0.00272. The zero-order valence-corrected chi connectivity index (χ0v) is 20.2. The molecule has 4 heterocycles. The van der Waals surface area contributed by atoms with Crippen molar-refractivity contribution in [1.82, 2.24) is 19.6 Å². The molecule has 0 radical (unpaired) electrons. The van der Waals surface area contributed by atoms with Gasteiger partial charge < -0.3 is 14.4 Å². The highest BCUT2D eigenvalue weighted by atomic mass is 16.3. The molecule has 1 N–H and O–H groups in total. The predicted molar refractivity (Wildman–Crippen MR) is 135 cm³/mol. The third-order valence-electron chi connectivity index (χ3n) is 7.03. The second kappa shape index (κ2) is 11.1. The predicted octanol–water partition coefficient (Wildman–Crippen LogP) is 3.78. The van der Waals surface area contributed by atoms with E-state index < -0.39 is 0 Å². The van der Waals surface area contributed by atoms with E-state index in [9.17, 15) is 9.90 Å². The maximum atomic E-state index is 13.5. The van der Waals surface area contributed by atoms with Crippen LogP contribution in [-0.2, 0) is 25.9 Å². The van der Waals surface area contributed by atoms with Crippen molar-refractivity contribution < 1.29 is 14.3 Å². The van der Waals surface area contributed by atoms with Gasteiger partial charge in [0.05, 0.1) is 12.4 Å². The van der Waals surface area contributed by atoms with Crippen LogP contribution in [0.15, 0.2) is 59.2 Å². The van der Waals surface area contributed by atoms with E-state index in [1.54, 1.807) is 6.26 Å². The maximum Gasteiger partial charge on any atom is 0.274 e. The lowest BCUT2D eigenvalue weighted by molar-refractivity contribution is 0.0539. The monoisotopic (exact) mass is 474 g/mol. The van der Waals surface area contributed by atoms with Crippen molar-refractivity contribution in [2.24, 2.45) is 0 Å². The Morgan fingerprint density at radius 2 is 1.94 bits per heavy atom. The van der Waals surface area contributed by atoms with E-state index in [0.717, 1.165) is 50.2 Å². The van der Waals surface area contributed by atoms with Crippen molar-refractivity contribution in [1.29, 1.82) is 0 Å². The van der Waals surface area contributed by atoms with Crippen molar-refractivity contribution in [3.63, 3.8) is 0 Å². The van der Waals surface area contributed by atoms with E-state index in [-0.39, 0.29) is 12.0 Å². The molecule has 1 aromatic carbocycles. The number of rotatable bonds is 8. The van der Waals surface area contributed by atoms with Crippen LogP contribution in [0.1, 0.15) is 52.3 Å². The quantitative estimate of drug-likeness (QED) is 0.538. The van der Waals surface area contributed by atoms with Crippen molar-refractivity contribution in [2.45, 2.75) is 51.3 Å². The number of aromatic nitrogens is 2. The lowest BCUT2D eigenvalue weighted by Crippen LogP contribution is -2.41. The molecule has 0 bridgehead atoms. The topological polar surface area (TPSA) is 74.7 Å². The van der Waals surface area contributed by atoms with Crippen LogP contribution in [0.3, 0.4) is 0 Å². The molecule has 35 heavy (non-hydrogen) atoms. The average molecular weight is 475 g/mol. The number of carbonyl (C=O) groups excluding carboxylic acids is 1. The van der Waals surface area contributed by atoms with Crippen LogP contribution in [0, 0.1) is 0 Å². The summed E-state index contributed by atoms with van der Waals surface area (Å²) in [6.07, 6.45) is 9.61. The largest absolute Gasteiger partial charge is 0.465 e. The maximum absolute atomic E-state index is 13.5. The Hall–Kier alpha value is -3.16. The van der Waals surface area contributed by atoms with Crippen molar-refractivity contribution in [2.75, 3.05) is 26.2 Å². The molecular weight excluding hydrogens is 440 g/mol. The molecule has 3 aromatic rings.